The number of carboxylic acids is 1. The number of carbonyl (C=O) groups is 3. The first kappa shape index (κ1) is 18.2. The van der Waals surface area contributed by atoms with Crippen LogP contribution in [0.4, 0.5) is 0 Å². The van der Waals surface area contributed by atoms with Crippen LogP contribution < -0.4 is 16.0 Å². The highest BCUT2D eigenvalue weighted by molar-refractivity contribution is 8.00. The lowest BCUT2D eigenvalue weighted by Gasteiger charge is -2.47. The van der Waals surface area contributed by atoms with E-state index in [1.54, 1.807) is 6.08 Å². The van der Waals surface area contributed by atoms with Gasteiger partial charge in [-0.25, -0.2) is 9.36 Å². The molecule has 0 unspecified atom stereocenters. The lowest BCUT2D eigenvalue weighted by atomic mass is 10.0. The summed E-state index contributed by atoms with van der Waals surface area (Å²) in [6.45, 7) is 0.523. The lowest BCUT2D eigenvalue weighted by Crippen LogP contribution is -2.68. The smallest absolute Gasteiger partial charge is 0.352 e. The molecular formula is C17H19N4O4S+. The number of nitrogens with zero attached hydrogens (tertiary/aromatic N) is 2. The SMILES string of the molecule is NC(=O)Cc1cc[n+](C/C=C/C2=C(C(=O)O)N3C(=O)[C@@H](N)[C@H]3SC2)cc1. The minimum atomic E-state index is -1.13. The third-order valence-corrected chi connectivity index (χ3v) is 5.54. The van der Waals surface area contributed by atoms with Gasteiger partial charge in [0.2, 0.25) is 11.8 Å². The maximum absolute atomic E-state index is 11.9. The van der Waals surface area contributed by atoms with Crippen molar-refractivity contribution in [1.29, 1.82) is 0 Å². The van der Waals surface area contributed by atoms with Gasteiger partial charge in [0.25, 0.3) is 0 Å². The Labute approximate surface area is 154 Å². The van der Waals surface area contributed by atoms with Gasteiger partial charge in [0, 0.05) is 17.9 Å². The number of fused-ring (bicyclic) bond motifs is 1. The number of aromatic nitrogens is 1. The maximum Gasteiger partial charge on any atom is 0.352 e. The molecule has 136 valence electrons. The zero-order valence-electron chi connectivity index (χ0n) is 13.9. The van der Waals surface area contributed by atoms with Crippen molar-refractivity contribution >= 4 is 29.5 Å². The predicted octanol–water partition coefficient (Wildman–Crippen LogP) is -0.861. The molecule has 0 aromatic carbocycles. The number of primary amides is 1. The van der Waals surface area contributed by atoms with Gasteiger partial charge in [0.05, 0.1) is 6.42 Å². The van der Waals surface area contributed by atoms with Gasteiger partial charge in [0.1, 0.15) is 17.1 Å². The average Bonchev–Trinajstić information content (AvgIpc) is 2.61. The van der Waals surface area contributed by atoms with Crippen LogP contribution in [0.15, 0.2) is 47.9 Å². The second kappa shape index (κ2) is 7.30. The number of aliphatic carboxylic acids is 1. The Morgan fingerprint density at radius 3 is 2.69 bits per heavy atom. The maximum atomic E-state index is 11.9. The van der Waals surface area contributed by atoms with Crippen LogP contribution in [0.2, 0.25) is 0 Å². The van der Waals surface area contributed by atoms with Crippen LogP contribution in [0.25, 0.3) is 0 Å². The molecule has 3 heterocycles. The molecule has 5 N–H and O–H groups in total. The van der Waals surface area contributed by atoms with E-state index in [9.17, 15) is 19.5 Å². The van der Waals surface area contributed by atoms with Crippen molar-refractivity contribution in [1.82, 2.24) is 4.90 Å². The largest absolute Gasteiger partial charge is 0.477 e. The van der Waals surface area contributed by atoms with Crippen molar-refractivity contribution in [3.05, 3.63) is 53.5 Å². The van der Waals surface area contributed by atoms with Gasteiger partial charge in [0.15, 0.2) is 18.9 Å². The summed E-state index contributed by atoms with van der Waals surface area (Å²) >= 11 is 1.47. The monoisotopic (exact) mass is 375 g/mol. The summed E-state index contributed by atoms with van der Waals surface area (Å²) in [7, 11) is 0. The molecule has 2 aliphatic heterocycles. The second-order valence-electron chi connectivity index (χ2n) is 6.06. The summed E-state index contributed by atoms with van der Waals surface area (Å²) in [6, 6.07) is 2.98. The fraction of sp³-hybridized carbons (Fsp3) is 0.294. The van der Waals surface area contributed by atoms with Gasteiger partial charge >= 0.3 is 5.97 Å². The highest BCUT2D eigenvalue weighted by Gasteiger charge is 2.51. The molecule has 0 saturated carbocycles. The van der Waals surface area contributed by atoms with Gasteiger partial charge in [-0.05, 0) is 17.2 Å². The number of carbonyl (C=O) groups excluding carboxylic acids is 2. The number of hydrogen-bond acceptors (Lipinski definition) is 5. The second-order valence-corrected chi connectivity index (χ2v) is 7.17. The molecule has 1 aromatic heterocycles. The van der Waals surface area contributed by atoms with Gasteiger partial charge in [-0.1, -0.05) is 6.08 Å². The molecule has 2 aliphatic rings. The number of thioether (sulfide) groups is 1. The molecule has 26 heavy (non-hydrogen) atoms. The van der Waals surface area contributed by atoms with Crippen molar-refractivity contribution < 1.29 is 24.1 Å². The van der Waals surface area contributed by atoms with E-state index in [1.807, 2.05) is 35.2 Å². The quantitative estimate of drug-likeness (QED) is 0.438. The van der Waals surface area contributed by atoms with E-state index in [0.29, 0.717) is 17.9 Å². The van der Waals surface area contributed by atoms with Crippen LogP contribution in [0.5, 0.6) is 0 Å². The zero-order chi connectivity index (χ0) is 18.8. The molecular weight excluding hydrogens is 356 g/mol. The molecule has 0 radical (unpaired) electrons. The molecule has 2 amide bonds. The van der Waals surface area contributed by atoms with E-state index in [2.05, 4.69) is 0 Å². The van der Waals surface area contributed by atoms with Crippen molar-refractivity contribution in [2.24, 2.45) is 11.5 Å². The number of pyridine rings is 1. The van der Waals surface area contributed by atoms with Crippen molar-refractivity contribution in [3.63, 3.8) is 0 Å². The van der Waals surface area contributed by atoms with Gasteiger partial charge in [-0.3, -0.25) is 14.5 Å². The van der Waals surface area contributed by atoms with Crippen molar-refractivity contribution in [3.8, 4) is 0 Å². The number of β-lactam (4-membered cyclic amide) rings is 1. The molecule has 0 aliphatic carbocycles. The number of hydrogen-bond donors (Lipinski definition) is 3. The predicted molar refractivity (Wildman–Crippen MR) is 94.4 cm³/mol. The Balaban J connectivity index is 1.71. The first-order valence-corrected chi connectivity index (χ1v) is 9.03. The van der Waals surface area contributed by atoms with Crippen molar-refractivity contribution in [2.45, 2.75) is 24.4 Å². The van der Waals surface area contributed by atoms with Crippen LogP contribution in [0.3, 0.4) is 0 Å². The topological polar surface area (TPSA) is 131 Å². The normalized spacial score (nSPS) is 22.3. The van der Waals surface area contributed by atoms with Crippen LogP contribution in [-0.4, -0.2) is 45.0 Å². The molecule has 0 bridgehead atoms. The number of carboxylic acid groups (broad SMARTS) is 1. The highest BCUT2D eigenvalue weighted by atomic mass is 32.2. The fourth-order valence-electron chi connectivity index (χ4n) is 2.91. The Bertz CT molecular complexity index is 819. The lowest BCUT2D eigenvalue weighted by molar-refractivity contribution is -0.687. The van der Waals surface area contributed by atoms with Crippen LogP contribution >= 0.6 is 11.8 Å². The van der Waals surface area contributed by atoms with E-state index in [4.69, 9.17) is 11.5 Å². The summed E-state index contributed by atoms with van der Waals surface area (Å²) in [5.74, 6) is -1.38. The fourth-order valence-corrected chi connectivity index (χ4v) is 4.18. The van der Waals surface area contributed by atoms with Crippen molar-refractivity contribution in [2.75, 3.05) is 5.75 Å². The first-order chi connectivity index (χ1) is 12.4. The number of amides is 2. The molecule has 9 heteroatoms. The van der Waals surface area contributed by atoms with Crippen LogP contribution in [0, 0.1) is 0 Å². The first-order valence-electron chi connectivity index (χ1n) is 7.98. The summed E-state index contributed by atoms with van der Waals surface area (Å²) < 4.78 is 1.88. The Hall–Kier alpha value is -2.65. The molecule has 1 aromatic rings. The number of nitrogens with two attached hydrogens (primary N) is 2. The van der Waals surface area contributed by atoms with E-state index < -0.39 is 12.0 Å². The van der Waals surface area contributed by atoms with Gasteiger partial charge < -0.3 is 16.6 Å². The van der Waals surface area contributed by atoms with E-state index >= 15 is 0 Å². The Kier molecular flexibility index (Phi) is 5.10. The zero-order valence-corrected chi connectivity index (χ0v) is 14.7. The average molecular weight is 375 g/mol. The highest BCUT2D eigenvalue weighted by Crippen LogP contribution is 2.39. The Morgan fingerprint density at radius 2 is 2.08 bits per heavy atom. The summed E-state index contributed by atoms with van der Waals surface area (Å²) in [6.07, 6.45) is 7.39. The summed E-state index contributed by atoms with van der Waals surface area (Å²) in [4.78, 5) is 35.6. The molecule has 3 rings (SSSR count). The van der Waals surface area contributed by atoms with E-state index in [1.165, 1.54) is 16.7 Å². The Morgan fingerprint density at radius 1 is 1.38 bits per heavy atom. The van der Waals surface area contributed by atoms with Crippen LogP contribution in [0.1, 0.15) is 5.56 Å². The van der Waals surface area contributed by atoms with Gasteiger partial charge in [-0.2, -0.15) is 0 Å². The molecule has 2 atom stereocenters. The minimum Gasteiger partial charge on any atom is -0.477 e. The van der Waals surface area contributed by atoms with E-state index in [0.717, 1.165) is 5.56 Å². The summed E-state index contributed by atoms with van der Waals surface area (Å²) in [5, 5.41) is 9.18. The van der Waals surface area contributed by atoms with Crippen LogP contribution in [-0.2, 0) is 27.3 Å². The molecule has 1 fully saturated rings. The molecule has 0 spiro atoms. The minimum absolute atomic E-state index is 0.0125. The standard InChI is InChI=1S/C17H18N4O4S/c18-12(22)8-10-3-6-20(7-4-10)5-1-2-11-9-26-16-13(19)15(23)21(16)14(11)17(24)25/h1-4,6-7,13,16H,5,8-9,19H2,(H2-,18,22,24,25)/p+1/b2-1+/t13-,16-/m1/s1. The number of rotatable bonds is 6. The summed E-state index contributed by atoms with van der Waals surface area (Å²) in [5.41, 5.74) is 12.3. The van der Waals surface area contributed by atoms with Gasteiger partial charge in [-0.15, -0.1) is 11.8 Å². The third kappa shape index (κ3) is 3.49. The third-order valence-electron chi connectivity index (χ3n) is 4.22. The molecule has 1 saturated heterocycles. The number of allylic oxidation sites excluding steroid dienone is 2. The van der Waals surface area contributed by atoms with E-state index in [-0.39, 0.29) is 29.3 Å². The molecule has 8 nitrogen and oxygen atoms in total.